The quantitative estimate of drug-likeness (QED) is 0.433. The van der Waals surface area contributed by atoms with Gasteiger partial charge in [0.2, 0.25) is 0 Å². The van der Waals surface area contributed by atoms with Crippen molar-refractivity contribution in [2.45, 2.75) is 32.9 Å². The van der Waals surface area contributed by atoms with Crippen LogP contribution < -0.4 is 10.2 Å². The topological polar surface area (TPSA) is 46.0 Å². The lowest BCUT2D eigenvalue weighted by molar-refractivity contribution is 0.565. The summed E-state index contributed by atoms with van der Waals surface area (Å²) in [5.41, 5.74) is 6.74. The van der Waals surface area contributed by atoms with E-state index in [0.717, 1.165) is 28.6 Å². The van der Waals surface area contributed by atoms with E-state index < -0.39 is 0 Å². The van der Waals surface area contributed by atoms with Gasteiger partial charge < -0.3 is 14.8 Å². The molecule has 1 aliphatic heterocycles. The first-order valence-electron chi connectivity index (χ1n) is 10.7. The van der Waals surface area contributed by atoms with Crippen molar-refractivity contribution in [3.05, 3.63) is 107 Å². The van der Waals surface area contributed by atoms with E-state index in [1.807, 2.05) is 42.7 Å². The van der Waals surface area contributed by atoms with E-state index in [2.05, 4.69) is 81.9 Å². The predicted octanol–water partition coefficient (Wildman–Crippen LogP) is 5.37. The van der Waals surface area contributed by atoms with Crippen molar-refractivity contribution >= 4 is 23.0 Å². The highest BCUT2D eigenvalue weighted by molar-refractivity contribution is 7.80. The normalized spacial score (nSPS) is 18.1. The summed E-state index contributed by atoms with van der Waals surface area (Å²) in [6, 6.07) is 22.6. The van der Waals surface area contributed by atoms with E-state index in [0.29, 0.717) is 5.11 Å². The maximum Gasteiger partial charge on any atom is 0.174 e. The molecule has 160 valence electrons. The Morgan fingerprint density at radius 3 is 2.34 bits per heavy atom. The molecule has 0 bridgehead atoms. The lowest BCUT2D eigenvalue weighted by Crippen LogP contribution is -2.29. The third-order valence-corrected chi connectivity index (χ3v) is 6.36. The van der Waals surface area contributed by atoms with E-state index >= 15 is 0 Å². The molecule has 6 heteroatoms. The molecule has 0 radical (unpaired) electrons. The Labute approximate surface area is 193 Å². The van der Waals surface area contributed by atoms with Crippen LogP contribution in [0.3, 0.4) is 0 Å². The molecule has 4 heterocycles. The number of pyridine rings is 2. The number of hydrogen-bond acceptors (Lipinski definition) is 3. The van der Waals surface area contributed by atoms with Gasteiger partial charge in [-0.1, -0.05) is 24.3 Å². The molecule has 5 rings (SSSR count). The van der Waals surface area contributed by atoms with Gasteiger partial charge in [0.1, 0.15) is 5.82 Å². The standard InChI is InChI=1S/C26H25N5S/c1-17-9-8-10-20(15-17)31-25(24(29-26(31)32)22-11-4-6-13-27-22)21-16-18(2)30(19(21)3)23-12-5-7-14-28-23/h4-16,24-25H,1-3H3,(H,29,32)/t24-,25-/m1/s1. The molecule has 1 fully saturated rings. The zero-order chi connectivity index (χ0) is 22.2. The summed E-state index contributed by atoms with van der Waals surface area (Å²) in [6.45, 7) is 6.38. The van der Waals surface area contributed by atoms with Crippen LogP contribution in [-0.4, -0.2) is 19.6 Å². The van der Waals surface area contributed by atoms with Gasteiger partial charge in [-0.25, -0.2) is 4.98 Å². The molecule has 1 aromatic carbocycles. The summed E-state index contributed by atoms with van der Waals surface area (Å²) in [4.78, 5) is 11.5. The van der Waals surface area contributed by atoms with Crippen molar-refractivity contribution in [1.29, 1.82) is 0 Å². The second kappa shape index (κ2) is 8.20. The van der Waals surface area contributed by atoms with Gasteiger partial charge in [0.15, 0.2) is 5.11 Å². The van der Waals surface area contributed by atoms with E-state index in [1.54, 1.807) is 0 Å². The highest BCUT2D eigenvalue weighted by Crippen LogP contribution is 2.43. The Bertz CT molecular complexity index is 1270. The number of aryl methyl sites for hydroxylation is 2. The highest BCUT2D eigenvalue weighted by atomic mass is 32.1. The molecule has 1 saturated heterocycles. The van der Waals surface area contributed by atoms with Crippen molar-refractivity contribution in [3.8, 4) is 5.82 Å². The van der Waals surface area contributed by atoms with E-state index in [9.17, 15) is 0 Å². The molecule has 0 amide bonds. The second-order valence-electron chi connectivity index (χ2n) is 8.19. The molecule has 0 saturated carbocycles. The van der Waals surface area contributed by atoms with Crippen molar-refractivity contribution in [2.24, 2.45) is 0 Å². The summed E-state index contributed by atoms with van der Waals surface area (Å²) in [6.07, 6.45) is 3.67. The fourth-order valence-electron chi connectivity index (χ4n) is 4.65. The lowest BCUT2D eigenvalue weighted by atomic mass is 9.96. The van der Waals surface area contributed by atoms with Crippen LogP contribution in [0.2, 0.25) is 0 Å². The van der Waals surface area contributed by atoms with Crippen LogP contribution in [-0.2, 0) is 0 Å². The van der Waals surface area contributed by atoms with Crippen LogP contribution in [0.25, 0.3) is 5.82 Å². The molecule has 0 spiro atoms. The predicted molar refractivity (Wildman–Crippen MR) is 132 cm³/mol. The first-order chi connectivity index (χ1) is 15.5. The smallest absolute Gasteiger partial charge is 0.174 e. The molecular formula is C26H25N5S. The Morgan fingerprint density at radius 1 is 0.875 bits per heavy atom. The second-order valence-corrected chi connectivity index (χ2v) is 8.57. The van der Waals surface area contributed by atoms with Crippen LogP contribution in [0.15, 0.2) is 79.1 Å². The summed E-state index contributed by atoms with van der Waals surface area (Å²) in [5.74, 6) is 0.916. The minimum atomic E-state index is -0.0677. The van der Waals surface area contributed by atoms with Gasteiger partial charge in [-0.05, 0) is 86.6 Å². The monoisotopic (exact) mass is 439 g/mol. The zero-order valence-electron chi connectivity index (χ0n) is 18.4. The fourth-order valence-corrected chi connectivity index (χ4v) is 5.00. The molecule has 1 N–H and O–H groups in total. The molecule has 5 nitrogen and oxygen atoms in total. The van der Waals surface area contributed by atoms with Crippen LogP contribution in [0, 0.1) is 20.8 Å². The number of rotatable bonds is 4. The van der Waals surface area contributed by atoms with Gasteiger partial charge in [0.25, 0.3) is 0 Å². The number of nitrogens with zero attached hydrogens (tertiary/aromatic N) is 4. The van der Waals surface area contributed by atoms with E-state index in [4.69, 9.17) is 12.2 Å². The summed E-state index contributed by atoms with van der Waals surface area (Å²) in [5, 5.41) is 4.26. The molecule has 32 heavy (non-hydrogen) atoms. The number of hydrogen-bond donors (Lipinski definition) is 1. The summed E-state index contributed by atoms with van der Waals surface area (Å²) >= 11 is 5.86. The number of nitrogens with one attached hydrogen (secondary N) is 1. The van der Waals surface area contributed by atoms with Crippen LogP contribution in [0.4, 0.5) is 5.69 Å². The van der Waals surface area contributed by atoms with Crippen LogP contribution >= 0.6 is 12.2 Å². The minimum absolute atomic E-state index is 0.0390. The largest absolute Gasteiger partial charge is 0.351 e. The van der Waals surface area contributed by atoms with Crippen LogP contribution in [0.1, 0.15) is 40.3 Å². The van der Waals surface area contributed by atoms with E-state index in [1.165, 1.54) is 11.1 Å². The number of anilines is 1. The fraction of sp³-hybridized carbons (Fsp3) is 0.192. The molecule has 1 aliphatic rings. The Kier molecular flexibility index (Phi) is 5.23. The molecule has 2 atom stereocenters. The Hall–Kier alpha value is -3.51. The Morgan fingerprint density at radius 2 is 1.66 bits per heavy atom. The first-order valence-corrected chi connectivity index (χ1v) is 11.1. The van der Waals surface area contributed by atoms with Gasteiger partial charge in [-0.3, -0.25) is 4.98 Å². The van der Waals surface area contributed by atoms with Gasteiger partial charge in [-0.15, -0.1) is 0 Å². The summed E-state index contributed by atoms with van der Waals surface area (Å²) < 4.78 is 2.21. The molecule has 0 unspecified atom stereocenters. The third kappa shape index (κ3) is 3.46. The Balaban J connectivity index is 1.69. The first kappa shape index (κ1) is 20.4. The SMILES string of the molecule is Cc1cccc(N2C(=S)N[C@H](c3ccccn3)[C@H]2c2cc(C)n(-c3ccccn3)c2C)c1. The number of thiocarbonyl (C=S) groups is 1. The molecule has 4 aromatic rings. The number of benzene rings is 1. The van der Waals surface area contributed by atoms with Gasteiger partial charge in [0.05, 0.1) is 17.8 Å². The molecule has 0 aliphatic carbocycles. The average Bonchev–Trinajstić information content (AvgIpc) is 3.30. The van der Waals surface area contributed by atoms with Crippen molar-refractivity contribution in [3.63, 3.8) is 0 Å². The van der Waals surface area contributed by atoms with Crippen molar-refractivity contribution in [2.75, 3.05) is 4.90 Å². The highest BCUT2D eigenvalue weighted by Gasteiger charge is 2.42. The maximum absolute atomic E-state index is 5.86. The van der Waals surface area contributed by atoms with Gasteiger partial charge >= 0.3 is 0 Å². The van der Waals surface area contributed by atoms with Gasteiger partial charge in [-0.2, -0.15) is 0 Å². The lowest BCUT2D eigenvalue weighted by Gasteiger charge is -2.28. The number of aromatic nitrogens is 3. The third-order valence-electron chi connectivity index (χ3n) is 6.05. The molecular weight excluding hydrogens is 414 g/mol. The summed E-state index contributed by atoms with van der Waals surface area (Å²) in [7, 11) is 0. The molecule has 3 aromatic heterocycles. The maximum atomic E-state index is 5.86. The van der Waals surface area contributed by atoms with E-state index in [-0.39, 0.29) is 12.1 Å². The average molecular weight is 440 g/mol. The van der Waals surface area contributed by atoms with Crippen molar-refractivity contribution < 1.29 is 0 Å². The van der Waals surface area contributed by atoms with Crippen molar-refractivity contribution in [1.82, 2.24) is 19.9 Å². The van der Waals surface area contributed by atoms with Gasteiger partial charge in [0, 0.05) is 29.5 Å². The zero-order valence-corrected chi connectivity index (χ0v) is 19.2. The van der Waals surface area contributed by atoms with Crippen LogP contribution in [0.5, 0.6) is 0 Å². The minimum Gasteiger partial charge on any atom is -0.351 e.